The van der Waals surface area contributed by atoms with Crippen LogP contribution in [0.25, 0.3) is 10.9 Å². The van der Waals surface area contributed by atoms with Crippen molar-refractivity contribution < 1.29 is 53.8 Å². The number of hydrogen-bond donors (Lipinski definition) is 2. The molecule has 3 rings (SSSR count). The number of aryl methyl sites for hydroxylation is 2. The zero-order chi connectivity index (χ0) is 25.4. The van der Waals surface area contributed by atoms with Gasteiger partial charge in [0.05, 0.1) is 26.2 Å². The Labute approximate surface area is 237 Å². The summed E-state index contributed by atoms with van der Waals surface area (Å²) in [5, 5.41) is 17.9. The second-order valence-corrected chi connectivity index (χ2v) is 8.71. The molecule has 0 atom stereocenters. The average molecular weight is 522 g/mol. The number of para-hydroxylation sites is 1. The van der Waals surface area contributed by atoms with Crippen LogP contribution in [0.1, 0.15) is 40.9 Å². The molecule has 0 aliphatic rings. The minimum absolute atomic E-state index is 0. The van der Waals surface area contributed by atoms with Gasteiger partial charge in [0.2, 0.25) is 5.91 Å². The van der Waals surface area contributed by atoms with Crippen LogP contribution < -0.4 is 50.0 Å². The van der Waals surface area contributed by atoms with Crippen molar-refractivity contribution in [3.05, 3.63) is 64.3 Å². The average Bonchev–Trinajstić information content (AvgIpc) is 3.19. The van der Waals surface area contributed by atoms with Gasteiger partial charge in [0.15, 0.2) is 0 Å². The summed E-state index contributed by atoms with van der Waals surface area (Å²) in [6.45, 7) is 1.77. The number of carbonyl (C=O) groups is 3. The topological polar surface area (TPSA) is 112 Å². The van der Waals surface area contributed by atoms with Crippen LogP contribution in [-0.4, -0.2) is 42.6 Å². The van der Waals surface area contributed by atoms with Gasteiger partial charge >= 0.3 is 29.6 Å². The van der Waals surface area contributed by atoms with E-state index in [-0.39, 0.29) is 47.7 Å². The molecule has 36 heavy (non-hydrogen) atoms. The molecule has 0 fully saturated rings. The number of nitrogens with one attached hydrogen (secondary N) is 2. The molecule has 3 aromatic rings. The third-order valence-corrected chi connectivity index (χ3v) is 6.15. The van der Waals surface area contributed by atoms with Crippen LogP contribution in [0.15, 0.2) is 42.5 Å². The molecule has 0 saturated carbocycles. The number of rotatable bonds is 12. The van der Waals surface area contributed by atoms with E-state index >= 15 is 0 Å². The maximum atomic E-state index is 12.6. The predicted octanol–water partition coefficient (Wildman–Crippen LogP) is -0.375. The normalized spacial score (nSPS) is 10.5. The summed E-state index contributed by atoms with van der Waals surface area (Å²) in [6.07, 6.45) is 3.45. The zero-order valence-corrected chi connectivity index (χ0v) is 23.6. The van der Waals surface area contributed by atoms with E-state index < -0.39 is 18.4 Å². The Hall–Kier alpha value is -2.52. The number of halogens is 1. The summed E-state index contributed by atoms with van der Waals surface area (Å²) in [7, 11) is 1.64. The summed E-state index contributed by atoms with van der Waals surface area (Å²) in [5.74, 6) is -1.31. The SMILES string of the molecule is COc1cc(C)c(Cl)cc1CCCCCNC(=O)CNC(=O)c1cc2ccccc2n1CC(=O)[O-].[Na+]. The van der Waals surface area contributed by atoms with Gasteiger partial charge in [0.1, 0.15) is 11.4 Å². The number of fused-ring (bicyclic) bond motifs is 1. The Morgan fingerprint density at radius 2 is 1.81 bits per heavy atom. The molecule has 0 saturated heterocycles. The van der Waals surface area contributed by atoms with Crippen molar-refractivity contribution in [1.82, 2.24) is 15.2 Å². The van der Waals surface area contributed by atoms with E-state index in [1.807, 2.05) is 19.1 Å². The quantitative estimate of drug-likeness (QED) is 0.249. The number of carbonyl (C=O) groups excluding carboxylic acids is 3. The van der Waals surface area contributed by atoms with Crippen molar-refractivity contribution in [1.29, 1.82) is 0 Å². The van der Waals surface area contributed by atoms with Crippen molar-refractivity contribution in [2.75, 3.05) is 20.2 Å². The van der Waals surface area contributed by atoms with Gasteiger partial charge < -0.3 is 29.8 Å². The van der Waals surface area contributed by atoms with Crippen LogP contribution >= 0.6 is 11.6 Å². The summed E-state index contributed by atoms with van der Waals surface area (Å²) in [4.78, 5) is 35.9. The molecular weight excluding hydrogens is 493 g/mol. The number of carboxylic acids is 1. The molecule has 10 heteroatoms. The molecule has 2 aromatic carbocycles. The fourth-order valence-electron chi connectivity index (χ4n) is 3.94. The van der Waals surface area contributed by atoms with Gasteiger partial charge in [-0.1, -0.05) is 36.2 Å². The first-order valence-corrected chi connectivity index (χ1v) is 11.8. The standard InChI is InChI=1S/C26H30ClN3O5.Na/c1-17-12-23(35-2)19(13-20(17)27)9-4-3-7-11-28-24(31)15-29-26(34)22-14-18-8-5-6-10-21(18)30(22)16-25(32)33;/h5-6,8,10,12-14H,3-4,7,9,11,15-16H2,1-2H3,(H,28,31)(H,29,34)(H,32,33);/q;+1/p-1. The van der Waals surface area contributed by atoms with E-state index in [0.29, 0.717) is 12.1 Å². The molecule has 1 heterocycles. The molecule has 2 amide bonds. The number of aliphatic carboxylic acids is 1. The van der Waals surface area contributed by atoms with Crippen LogP contribution in [0.3, 0.4) is 0 Å². The van der Waals surface area contributed by atoms with Crippen molar-refractivity contribution in [2.24, 2.45) is 0 Å². The summed E-state index contributed by atoms with van der Waals surface area (Å²) < 4.78 is 6.80. The zero-order valence-electron chi connectivity index (χ0n) is 20.9. The molecule has 0 aliphatic heterocycles. The van der Waals surface area contributed by atoms with E-state index in [1.54, 1.807) is 37.4 Å². The Bertz CT molecular complexity index is 1230. The first-order valence-electron chi connectivity index (χ1n) is 11.5. The molecule has 0 bridgehead atoms. The van der Waals surface area contributed by atoms with Crippen LogP contribution in [-0.2, 0) is 22.6 Å². The number of unbranched alkanes of at least 4 members (excludes halogenated alkanes) is 2. The summed E-state index contributed by atoms with van der Waals surface area (Å²) in [5.41, 5.74) is 2.81. The van der Waals surface area contributed by atoms with Crippen molar-refractivity contribution in [2.45, 2.75) is 39.2 Å². The van der Waals surface area contributed by atoms with Crippen LogP contribution in [0.4, 0.5) is 0 Å². The van der Waals surface area contributed by atoms with Gasteiger partial charge in [0, 0.05) is 22.5 Å². The maximum Gasteiger partial charge on any atom is 1.00 e. The fourth-order valence-corrected chi connectivity index (χ4v) is 4.12. The largest absolute Gasteiger partial charge is 1.00 e. The second kappa shape index (κ2) is 14.3. The van der Waals surface area contributed by atoms with E-state index in [0.717, 1.165) is 53.0 Å². The first-order chi connectivity index (χ1) is 16.8. The van der Waals surface area contributed by atoms with Crippen molar-refractivity contribution in [3.8, 4) is 5.75 Å². The summed E-state index contributed by atoms with van der Waals surface area (Å²) in [6, 6.07) is 12.5. The van der Waals surface area contributed by atoms with Gasteiger partial charge in [-0.3, -0.25) is 9.59 Å². The third-order valence-electron chi connectivity index (χ3n) is 5.75. The van der Waals surface area contributed by atoms with E-state index in [4.69, 9.17) is 16.3 Å². The second-order valence-electron chi connectivity index (χ2n) is 8.30. The Morgan fingerprint density at radius 1 is 1.06 bits per heavy atom. The van der Waals surface area contributed by atoms with Crippen LogP contribution in [0.5, 0.6) is 5.75 Å². The number of ether oxygens (including phenoxy) is 1. The number of methoxy groups -OCH3 is 1. The molecule has 2 N–H and O–H groups in total. The molecule has 1 aromatic heterocycles. The predicted molar refractivity (Wildman–Crippen MR) is 133 cm³/mol. The Morgan fingerprint density at radius 3 is 2.53 bits per heavy atom. The molecule has 0 radical (unpaired) electrons. The number of amides is 2. The van der Waals surface area contributed by atoms with Gasteiger partial charge in [-0.15, -0.1) is 0 Å². The van der Waals surface area contributed by atoms with Crippen LogP contribution in [0.2, 0.25) is 5.02 Å². The van der Waals surface area contributed by atoms with Crippen molar-refractivity contribution >= 4 is 40.3 Å². The van der Waals surface area contributed by atoms with Gasteiger partial charge in [-0.25, -0.2) is 0 Å². The van der Waals surface area contributed by atoms with Crippen LogP contribution in [0, 0.1) is 6.92 Å². The monoisotopic (exact) mass is 521 g/mol. The number of nitrogens with zero attached hydrogens (tertiary/aromatic N) is 1. The molecular formula is C26H29ClN3NaO5. The van der Waals surface area contributed by atoms with Gasteiger partial charge in [0.25, 0.3) is 5.91 Å². The van der Waals surface area contributed by atoms with E-state index in [9.17, 15) is 19.5 Å². The number of aromatic nitrogens is 1. The third kappa shape index (κ3) is 8.00. The fraction of sp³-hybridized carbons (Fsp3) is 0.346. The van der Waals surface area contributed by atoms with Crippen molar-refractivity contribution in [3.63, 3.8) is 0 Å². The minimum atomic E-state index is -1.30. The maximum absolute atomic E-state index is 12.6. The molecule has 186 valence electrons. The molecule has 0 spiro atoms. The summed E-state index contributed by atoms with van der Waals surface area (Å²) >= 11 is 6.22. The first kappa shape index (κ1) is 29.7. The minimum Gasteiger partial charge on any atom is -0.548 e. The molecule has 0 aliphatic carbocycles. The molecule has 8 nitrogen and oxygen atoms in total. The number of benzene rings is 2. The molecule has 0 unspecified atom stereocenters. The van der Waals surface area contributed by atoms with Gasteiger partial charge in [-0.2, -0.15) is 0 Å². The Kier molecular flexibility index (Phi) is 11.8. The van der Waals surface area contributed by atoms with E-state index in [1.165, 1.54) is 4.57 Å². The number of carboxylic acid groups (broad SMARTS) is 1. The number of hydrogen-bond acceptors (Lipinski definition) is 5. The smallest absolute Gasteiger partial charge is 0.548 e. The van der Waals surface area contributed by atoms with Gasteiger partial charge in [-0.05, 0) is 61.6 Å². The Balaban J connectivity index is 0.00000456. The van der Waals surface area contributed by atoms with E-state index in [2.05, 4.69) is 10.6 Å².